The second kappa shape index (κ2) is 5.73. The minimum absolute atomic E-state index is 0.130. The minimum Gasteiger partial charge on any atom is -0.477 e. The number of anilines is 1. The third-order valence-electron chi connectivity index (χ3n) is 4.32. The zero-order chi connectivity index (χ0) is 13.9. The van der Waals surface area contributed by atoms with E-state index in [9.17, 15) is 4.79 Å². The molecule has 1 aromatic rings. The van der Waals surface area contributed by atoms with E-state index in [0.29, 0.717) is 12.5 Å². The molecule has 0 spiro atoms. The average Bonchev–Trinajstić information content (AvgIpc) is 2.53. The van der Waals surface area contributed by atoms with Crippen molar-refractivity contribution in [3.8, 4) is 5.75 Å². The van der Waals surface area contributed by atoms with E-state index in [1.165, 1.54) is 6.42 Å². The van der Waals surface area contributed by atoms with E-state index in [0.717, 1.165) is 37.4 Å². The Balaban J connectivity index is 1.67. The fraction of sp³-hybridized carbons (Fsp3) is 0.562. The van der Waals surface area contributed by atoms with Crippen LogP contribution in [0.4, 0.5) is 5.69 Å². The highest BCUT2D eigenvalue weighted by Gasteiger charge is 2.32. The first-order chi connectivity index (χ1) is 9.78. The molecule has 0 bridgehead atoms. The monoisotopic (exact) mass is 274 g/mol. The molecule has 2 heterocycles. The molecular weight excluding hydrogens is 252 g/mol. The molecule has 4 heteroatoms. The van der Waals surface area contributed by atoms with Gasteiger partial charge in [-0.3, -0.25) is 4.79 Å². The van der Waals surface area contributed by atoms with Crippen LogP contribution in [0.3, 0.4) is 0 Å². The van der Waals surface area contributed by atoms with Crippen molar-refractivity contribution >= 4 is 11.6 Å². The highest BCUT2D eigenvalue weighted by atomic mass is 16.5. The summed E-state index contributed by atoms with van der Waals surface area (Å²) < 4.78 is 5.86. The first kappa shape index (κ1) is 13.3. The Morgan fingerprint density at radius 2 is 2.30 bits per heavy atom. The summed E-state index contributed by atoms with van der Waals surface area (Å²) in [6, 6.07) is 7.78. The van der Waals surface area contributed by atoms with Gasteiger partial charge in [-0.15, -0.1) is 0 Å². The van der Waals surface area contributed by atoms with E-state index < -0.39 is 0 Å². The van der Waals surface area contributed by atoms with Crippen LogP contribution in [0, 0.1) is 5.92 Å². The third kappa shape index (κ3) is 2.60. The molecule has 2 atom stereocenters. The van der Waals surface area contributed by atoms with Gasteiger partial charge in [0, 0.05) is 13.1 Å². The lowest BCUT2D eigenvalue weighted by Crippen LogP contribution is -2.50. The number of carbonyl (C=O) groups excluding carboxylic acids is 1. The van der Waals surface area contributed by atoms with Crippen LogP contribution in [0.25, 0.3) is 0 Å². The lowest BCUT2D eigenvalue weighted by atomic mass is 9.95. The molecule has 3 rings (SSSR count). The van der Waals surface area contributed by atoms with Gasteiger partial charge < -0.3 is 15.0 Å². The van der Waals surface area contributed by atoms with E-state index in [-0.39, 0.29) is 12.0 Å². The van der Waals surface area contributed by atoms with Crippen LogP contribution in [0.15, 0.2) is 24.3 Å². The third-order valence-corrected chi connectivity index (χ3v) is 4.32. The summed E-state index contributed by atoms with van der Waals surface area (Å²) in [6.07, 6.45) is 3.12. The Kier molecular flexibility index (Phi) is 3.81. The summed E-state index contributed by atoms with van der Waals surface area (Å²) in [6.45, 7) is 4.52. The van der Waals surface area contributed by atoms with E-state index >= 15 is 0 Å². The number of likely N-dealkylation sites (tertiary alicyclic amines) is 1. The van der Waals surface area contributed by atoms with Gasteiger partial charge in [-0.1, -0.05) is 25.5 Å². The Hall–Kier alpha value is -1.71. The smallest absolute Gasteiger partial charge is 0.265 e. The summed E-state index contributed by atoms with van der Waals surface area (Å²) in [5.41, 5.74) is 0.974. The van der Waals surface area contributed by atoms with Gasteiger partial charge in [-0.25, -0.2) is 0 Å². The summed E-state index contributed by atoms with van der Waals surface area (Å²) in [4.78, 5) is 14.6. The number of carbonyl (C=O) groups is 1. The lowest BCUT2D eigenvalue weighted by molar-refractivity contribution is -0.140. The van der Waals surface area contributed by atoms with Gasteiger partial charge in [0.15, 0.2) is 6.10 Å². The first-order valence-electron chi connectivity index (χ1n) is 7.56. The molecule has 2 aliphatic heterocycles. The van der Waals surface area contributed by atoms with Gasteiger partial charge in [0.2, 0.25) is 0 Å². The van der Waals surface area contributed by atoms with Crippen LogP contribution in [0.1, 0.15) is 26.2 Å². The summed E-state index contributed by atoms with van der Waals surface area (Å²) in [5.74, 6) is 1.56. The number of fused-ring (bicyclic) bond motifs is 1. The number of amides is 1. The molecule has 1 N–H and O–H groups in total. The van der Waals surface area contributed by atoms with Crippen molar-refractivity contribution in [1.29, 1.82) is 0 Å². The Morgan fingerprint density at radius 3 is 3.15 bits per heavy atom. The Bertz CT molecular complexity index is 489. The van der Waals surface area contributed by atoms with Gasteiger partial charge in [-0.2, -0.15) is 0 Å². The minimum atomic E-state index is -0.388. The van der Waals surface area contributed by atoms with Crippen molar-refractivity contribution < 1.29 is 9.53 Å². The molecule has 2 unspecified atom stereocenters. The highest BCUT2D eigenvalue weighted by Crippen LogP contribution is 2.29. The number of benzene rings is 1. The SMILES string of the molecule is CCC1CCCN(C(=O)C2CNc3ccccc3O2)C1. The van der Waals surface area contributed by atoms with Gasteiger partial charge in [0.1, 0.15) is 5.75 Å². The van der Waals surface area contributed by atoms with Crippen LogP contribution in [-0.2, 0) is 4.79 Å². The summed E-state index contributed by atoms with van der Waals surface area (Å²) >= 11 is 0. The zero-order valence-electron chi connectivity index (χ0n) is 12.0. The molecule has 1 aromatic carbocycles. The molecule has 0 saturated carbocycles. The predicted molar refractivity (Wildman–Crippen MR) is 78.9 cm³/mol. The molecule has 1 saturated heterocycles. The Labute approximate surface area is 120 Å². The molecule has 0 radical (unpaired) electrons. The zero-order valence-corrected chi connectivity index (χ0v) is 12.0. The van der Waals surface area contributed by atoms with Crippen molar-refractivity contribution in [2.45, 2.75) is 32.3 Å². The number of para-hydroxylation sites is 2. The fourth-order valence-electron chi connectivity index (χ4n) is 3.05. The lowest BCUT2D eigenvalue weighted by Gasteiger charge is -2.36. The molecule has 2 aliphatic rings. The van der Waals surface area contributed by atoms with E-state index in [1.807, 2.05) is 29.2 Å². The molecule has 20 heavy (non-hydrogen) atoms. The number of nitrogens with zero attached hydrogens (tertiary/aromatic N) is 1. The van der Waals surface area contributed by atoms with E-state index in [2.05, 4.69) is 12.2 Å². The highest BCUT2D eigenvalue weighted by molar-refractivity contribution is 5.83. The van der Waals surface area contributed by atoms with Gasteiger partial charge in [0.05, 0.1) is 12.2 Å². The first-order valence-corrected chi connectivity index (χ1v) is 7.56. The summed E-state index contributed by atoms with van der Waals surface area (Å²) in [5, 5.41) is 3.29. The second-order valence-electron chi connectivity index (χ2n) is 5.68. The maximum Gasteiger partial charge on any atom is 0.265 e. The molecule has 1 amide bonds. The van der Waals surface area contributed by atoms with E-state index in [4.69, 9.17) is 4.74 Å². The van der Waals surface area contributed by atoms with Gasteiger partial charge in [0.25, 0.3) is 5.91 Å². The van der Waals surface area contributed by atoms with Crippen molar-refractivity contribution in [3.05, 3.63) is 24.3 Å². The number of ether oxygens (including phenoxy) is 1. The summed E-state index contributed by atoms with van der Waals surface area (Å²) in [7, 11) is 0. The maximum atomic E-state index is 12.6. The quantitative estimate of drug-likeness (QED) is 0.901. The molecule has 4 nitrogen and oxygen atoms in total. The average molecular weight is 274 g/mol. The standard InChI is InChI=1S/C16H22N2O2/c1-2-12-6-5-9-18(11-12)16(19)15-10-17-13-7-3-4-8-14(13)20-15/h3-4,7-8,12,15,17H,2,5-6,9-11H2,1H3. The number of piperidine rings is 1. The number of hydrogen-bond acceptors (Lipinski definition) is 3. The van der Waals surface area contributed by atoms with Crippen molar-refractivity contribution in [1.82, 2.24) is 4.90 Å². The van der Waals surface area contributed by atoms with Crippen LogP contribution in [-0.4, -0.2) is 36.5 Å². The molecule has 0 aliphatic carbocycles. The number of nitrogens with one attached hydrogen (secondary N) is 1. The van der Waals surface area contributed by atoms with E-state index in [1.54, 1.807) is 0 Å². The number of hydrogen-bond donors (Lipinski definition) is 1. The van der Waals surface area contributed by atoms with Crippen LogP contribution >= 0.6 is 0 Å². The number of rotatable bonds is 2. The Morgan fingerprint density at radius 1 is 1.45 bits per heavy atom. The molecule has 108 valence electrons. The van der Waals surface area contributed by atoms with Gasteiger partial charge in [-0.05, 0) is 30.9 Å². The molecular formula is C16H22N2O2. The van der Waals surface area contributed by atoms with Gasteiger partial charge >= 0.3 is 0 Å². The topological polar surface area (TPSA) is 41.6 Å². The van der Waals surface area contributed by atoms with Crippen molar-refractivity contribution in [2.75, 3.05) is 25.0 Å². The largest absolute Gasteiger partial charge is 0.477 e. The predicted octanol–water partition coefficient (Wildman–Crippen LogP) is 2.51. The van der Waals surface area contributed by atoms with Crippen LogP contribution < -0.4 is 10.1 Å². The van der Waals surface area contributed by atoms with Crippen molar-refractivity contribution in [2.24, 2.45) is 5.92 Å². The van der Waals surface area contributed by atoms with Crippen LogP contribution in [0.5, 0.6) is 5.75 Å². The second-order valence-corrected chi connectivity index (χ2v) is 5.68. The molecule has 0 aromatic heterocycles. The molecule has 1 fully saturated rings. The van der Waals surface area contributed by atoms with Crippen LogP contribution in [0.2, 0.25) is 0 Å². The fourth-order valence-corrected chi connectivity index (χ4v) is 3.05. The normalized spacial score (nSPS) is 25.4. The van der Waals surface area contributed by atoms with Crippen molar-refractivity contribution in [3.63, 3.8) is 0 Å². The maximum absolute atomic E-state index is 12.6.